The van der Waals surface area contributed by atoms with E-state index in [-0.39, 0.29) is 17.9 Å². The van der Waals surface area contributed by atoms with E-state index in [1.165, 1.54) is 6.07 Å². The second kappa shape index (κ2) is 7.51. The molecule has 1 aliphatic rings. The molecule has 128 valence electrons. The predicted molar refractivity (Wildman–Crippen MR) is 93.1 cm³/mol. The fourth-order valence-corrected chi connectivity index (χ4v) is 3.12. The number of hydrogen-bond acceptors (Lipinski definition) is 3. The molecule has 2 atom stereocenters. The second-order valence-electron chi connectivity index (χ2n) is 6.98. The Balaban J connectivity index is 1.90. The van der Waals surface area contributed by atoms with Crippen LogP contribution in [0.4, 0.5) is 14.9 Å². The Morgan fingerprint density at radius 1 is 1.30 bits per heavy atom. The van der Waals surface area contributed by atoms with Crippen LogP contribution in [-0.2, 0) is 4.74 Å². The minimum atomic E-state index is -0.504. The Hall–Kier alpha value is -1.30. The van der Waals surface area contributed by atoms with Gasteiger partial charge in [0.2, 0.25) is 0 Å². The molecule has 2 rings (SSSR count). The number of anilines is 1. The van der Waals surface area contributed by atoms with E-state index in [2.05, 4.69) is 26.6 Å². The predicted octanol–water partition coefficient (Wildman–Crippen LogP) is 4.84. The van der Waals surface area contributed by atoms with Gasteiger partial charge in [0.15, 0.2) is 0 Å². The summed E-state index contributed by atoms with van der Waals surface area (Å²) >= 11 is 3.35. The highest BCUT2D eigenvalue weighted by atomic mass is 79.9. The largest absolute Gasteiger partial charge is 0.444 e. The number of alkyl carbamates (subject to hydrolysis) is 1. The lowest BCUT2D eigenvalue weighted by Crippen LogP contribution is -2.43. The lowest BCUT2D eigenvalue weighted by molar-refractivity contribution is 0.0492. The standard InChI is InChI=1S/C17H24BrFN2O2/c1-17(2,3)23-16(22)21-13-6-4-5-12(10-13)20-15-9-11(18)7-8-14(15)19/h7-9,12-13,20H,4-6,10H2,1-3H3,(H,21,22). The molecule has 4 nitrogen and oxygen atoms in total. The van der Waals surface area contributed by atoms with E-state index in [0.717, 1.165) is 30.2 Å². The van der Waals surface area contributed by atoms with Gasteiger partial charge in [-0.2, -0.15) is 0 Å². The van der Waals surface area contributed by atoms with Crippen molar-refractivity contribution in [1.29, 1.82) is 0 Å². The zero-order valence-corrected chi connectivity index (χ0v) is 15.4. The van der Waals surface area contributed by atoms with Gasteiger partial charge >= 0.3 is 6.09 Å². The van der Waals surface area contributed by atoms with Gasteiger partial charge in [-0.05, 0) is 64.7 Å². The van der Waals surface area contributed by atoms with E-state index >= 15 is 0 Å². The van der Waals surface area contributed by atoms with Gasteiger partial charge in [0.25, 0.3) is 0 Å². The highest BCUT2D eigenvalue weighted by molar-refractivity contribution is 9.10. The Bertz CT molecular complexity index is 560. The van der Waals surface area contributed by atoms with Gasteiger partial charge in [-0.3, -0.25) is 0 Å². The molecule has 6 heteroatoms. The summed E-state index contributed by atoms with van der Waals surface area (Å²) in [5.41, 5.74) is -0.0159. The van der Waals surface area contributed by atoms with Crippen LogP contribution in [0.3, 0.4) is 0 Å². The van der Waals surface area contributed by atoms with Crippen molar-refractivity contribution in [2.45, 2.75) is 64.1 Å². The van der Waals surface area contributed by atoms with E-state index in [4.69, 9.17) is 4.74 Å². The van der Waals surface area contributed by atoms with Gasteiger partial charge < -0.3 is 15.4 Å². The molecule has 1 amide bonds. The highest BCUT2D eigenvalue weighted by Gasteiger charge is 2.25. The molecule has 0 saturated heterocycles. The van der Waals surface area contributed by atoms with E-state index < -0.39 is 11.7 Å². The summed E-state index contributed by atoms with van der Waals surface area (Å²) in [6.07, 6.45) is 3.22. The van der Waals surface area contributed by atoms with Crippen LogP contribution in [0.1, 0.15) is 46.5 Å². The normalized spacial score (nSPS) is 21.6. The fraction of sp³-hybridized carbons (Fsp3) is 0.588. The first-order chi connectivity index (χ1) is 10.7. The summed E-state index contributed by atoms with van der Waals surface area (Å²) < 4.78 is 20.0. The highest BCUT2D eigenvalue weighted by Crippen LogP contribution is 2.26. The molecule has 2 unspecified atom stereocenters. The van der Waals surface area contributed by atoms with Crippen LogP contribution in [0.25, 0.3) is 0 Å². The number of nitrogens with one attached hydrogen (secondary N) is 2. The topological polar surface area (TPSA) is 50.4 Å². The summed E-state index contributed by atoms with van der Waals surface area (Å²) in [5, 5.41) is 6.16. The molecule has 23 heavy (non-hydrogen) atoms. The maximum Gasteiger partial charge on any atom is 0.407 e. The van der Waals surface area contributed by atoms with Crippen molar-refractivity contribution in [1.82, 2.24) is 5.32 Å². The molecule has 1 saturated carbocycles. The van der Waals surface area contributed by atoms with Crippen molar-refractivity contribution in [2.75, 3.05) is 5.32 Å². The van der Waals surface area contributed by atoms with E-state index in [1.54, 1.807) is 12.1 Å². The Kier molecular flexibility index (Phi) is 5.89. The summed E-state index contributed by atoms with van der Waals surface area (Å²) in [6, 6.07) is 5.03. The monoisotopic (exact) mass is 386 g/mol. The van der Waals surface area contributed by atoms with Crippen LogP contribution >= 0.6 is 15.9 Å². The van der Waals surface area contributed by atoms with Crippen LogP contribution < -0.4 is 10.6 Å². The number of halogens is 2. The lowest BCUT2D eigenvalue weighted by atomic mass is 9.91. The molecule has 1 aromatic rings. The van der Waals surface area contributed by atoms with Crippen molar-refractivity contribution in [2.24, 2.45) is 0 Å². The first kappa shape index (κ1) is 18.0. The maximum absolute atomic E-state index is 13.8. The summed E-state index contributed by atoms with van der Waals surface area (Å²) in [6.45, 7) is 5.52. The SMILES string of the molecule is CC(C)(C)OC(=O)NC1CCCC(Nc2cc(Br)ccc2F)C1. The minimum Gasteiger partial charge on any atom is -0.444 e. The third-order valence-electron chi connectivity index (χ3n) is 3.68. The molecular weight excluding hydrogens is 363 g/mol. The first-order valence-electron chi connectivity index (χ1n) is 7.94. The number of carbonyl (C=O) groups is 1. The third-order valence-corrected chi connectivity index (χ3v) is 4.18. The van der Waals surface area contributed by atoms with Gasteiger partial charge in [0, 0.05) is 16.6 Å². The van der Waals surface area contributed by atoms with Gasteiger partial charge in [0.05, 0.1) is 5.69 Å². The van der Waals surface area contributed by atoms with Crippen molar-refractivity contribution >= 4 is 27.7 Å². The molecule has 0 spiro atoms. The van der Waals surface area contributed by atoms with Crippen molar-refractivity contribution in [3.05, 3.63) is 28.5 Å². The molecule has 0 heterocycles. The Labute approximate surface area is 145 Å². The summed E-state index contributed by atoms with van der Waals surface area (Å²) in [4.78, 5) is 11.9. The average Bonchev–Trinajstić information content (AvgIpc) is 2.41. The number of rotatable bonds is 3. The van der Waals surface area contributed by atoms with Crippen LogP contribution in [-0.4, -0.2) is 23.8 Å². The van der Waals surface area contributed by atoms with Gasteiger partial charge in [-0.1, -0.05) is 15.9 Å². The lowest BCUT2D eigenvalue weighted by Gasteiger charge is -2.31. The number of amides is 1. The molecule has 0 aliphatic heterocycles. The van der Waals surface area contributed by atoms with Crippen LogP contribution in [0, 0.1) is 5.82 Å². The van der Waals surface area contributed by atoms with Crippen molar-refractivity contribution in [3.8, 4) is 0 Å². The first-order valence-corrected chi connectivity index (χ1v) is 8.73. The van der Waals surface area contributed by atoms with E-state index in [9.17, 15) is 9.18 Å². The summed E-state index contributed by atoms with van der Waals surface area (Å²) in [5.74, 6) is -0.268. The molecule has 1 fully saturated rings. The van der Waals surface area contributed by atoms with Crippen molar-refractivity contribution < 1.29 is 13.9 Å². The van der Waals surface area contributed by atoms with Crippen LogP contribution in [0.2, 0.25) is 0 Å². The third kappa shape index (κ3) is 6.01. The Morgan fingerprint density at radius 2 is 2.00 bits per heavy atom. The minimum absolute atomic E-state index is 0.0475. The van der Waals surface area contributed by atoms with Crippen LogP contribution in [0.15, 0.2) is 22.7 Å². The van der Waals surface area contributed by atoms with E-state index in [0.29, 0.717) is 5.69 Å². The number of benzene rings is 1. The number of carbonyl (C=O) groups excluding carboxylic acids is 1. The zero-order chi connectivity index (χ0) is 17.0. The second-order valence-corrected chi connectivity index (χ2v) is 7.89. The zero-order valence-electron chi connectivity index (χ0n) is 13.8. The summed E-state index contributed by atoms with van der Waals surface area (Å²) in [7, 11) is 0. The molecule has 2 N–H and O–H groups in total. The van der Waals surface area contributed by atoms with Gasteiger partial charge in [-0.25, -0.2) is 9.18 Å². The van der Waals surface area contributed by atoms with Gasteiger partial charge in [0.1, 0.15) is 11.4 Å². The maximum atomic E-state index is 13.8. The number of hydrogen-bond donors (Lipinski definition) is 2. The molecule has 0 bridgehead atoms. The molecule has 0 radical (unpaired) electrons. The molecule has 0 aromatic heterocycles. The molecule has 1 aromatic carbocycles. The average molecular weight is 387 g/mol. The van der Waals surface area contributed by atoms with Crippen LogP contribution in [0.5, 0.6) is 0 Å². The van der Waals surface area contributed by atoms with E-state index in [1.807, 2.05) is 20.8 Å². The molecule has 1 aliphatic carbocycles. The Morgan fingerprint density at radius 3 is 2.70 bits per heavy atom. The quantitative estimate of drug-likeness (QED) is 0.781. The van der Waals surface area contributed by atoms with Crippen molar-refractivity contribution in [3.63, 3.8) is 0 Å². The molecular formula is C17H24BrFN2O2. The number of ether oxygens (including phenoxy) is 1. The fourth-order valence-electron chi connectivity index (χ4n) is 2.75. The van der Waals surface area contributed by atoms with Gasteiger partial charge in [-0.15, -0.1) is 0 Å². The smallest absolute Gasteiger partial charge is 0.407 e.